The first kappa shape index (κ1) is 19.5. The number of hydrogen-bond acceptors (Lipinski definition) is 4. The van der Waals surface area contributed by atoms with E-state index in [1.807, 2.05) is 36.4 Å². The third kappa shape index (κ3) is 4.12. The van der Waals surface area contributed by atoms with Gasteiger partial charge < -0.3 is 15.4 Å². The SMILES string of the molecule is CC1Oc2ccc(NC(=O)C(c3ccccc3)N3CCCCC3C)cc2NC1=O. The lowest BCUT2D eigenvalue weighted by atomic mass is 9.96. The predicted molar refractivity (Wildman–Crippen MR) is 113 cm³/mol. The highest BCUT2D eigenvalue weighted by Gasteiger charge is 2.32. The summed E-state index contributed by atoms with van der Waals surface area (Å²) < 4.78 is 5.60. The summed E-state index contributed by atoms with van der Waals surface area (Å²) in [5, 5.41) is 5.88. The van der Waals surface area contributed by atoms with Crippen molar-refractivity contribution in [2.45, 2.75) is 51.3 Å². The largest absolute Gasteiger partial charge is 0.479 e. The van der Waals surface area contributed by atoms with Crippen molar-refractivity contribution in [2.75, 3.05) is 17.2 Å². The molecule has 0 saturated carbocycles. The minimum Gasteiger partial charge on any atom is -0.479 e. The third-order valence-electron chi connectivity index (χ3n) is 5.73. The number of hydrogen-bond donors (Lipinski definition) is 2. The normalized spacial score (nSPS) is 22.8. The standard InChI is InChI=1S/C23H27N3O3/c1-15-8-6-7-13-26(15)21(17-9-4-3-5-10-17)23(28)24-18-11-12-20-19(14-18)25-22(27)16(2)29-20/h3-5,9-12,14-16,21H,6-8,13H2,1-2H3,(H,24,28)(H,25,27). The molecule has 152 valence electrons. The van der Waals surface area contributed by atoms with Gasteiger partial charge in [-0.2, -0.15) is 0 Å². The van der Waals surface area contributed by atoms with Gasteiger partial charge in [0.1, 0.15) is 11.8 Å². The second kappa shape index (κ2) is 8.25. The molecule has 0 aliphatic carbocycles. The fourth-order valence-corrected chi connectivity index (χ4v) is 4.13. The molecule has 0 aromatic heterocycles. The zero-order valence-corrected chi connectivity index (χ0v) is 16.9. The quantitative estimate of drug-likeness (QED) is 0.825. The van der Waals surface area contributed by atoms with Crippen LogP contribution in [0.3, 0.4) is 0 Å². The fourth-order valence-electron chi connectivity index (χ4n) is 4.13. The van der Waals surface area contributed by atoms with Gasteiger partial charge in [-0.25, -0.2) is 0 Å². The molecule has 3 unspecified atom stereocenters. The maximum absolute atomic E-state index is 13.4. The first-order valence-electron chi connectivity index (χ1n) is 10.3. The molecule has 1 saturated heterocycles. The van der Waals surface area contributed by atoms with E-state index in [9.17, 15) is 9.59 Å². The first-order chi connectivity index (χ1) is 14.0. The molecule has 2 amide bonds. The smallest absolute Gasteiger partial charge is 0.265 e. The lowest BCUT2D eigenvalue weighted by Crippen LogP contribution is -2.45. The van der Waals surface area contributed by atoms with E-state index in [2.05, 4.69) is 22.5 Å². The van der Waals surface area contributed by atoms with Crippen molar-refractivity contribution in [1.29, 1.82) is 0 Å². The van der Waals surface area contributed by atoms with Gasteiger partial charge in [-0.3, -0.25) is 14.5 Å². The topological polar surface area (TPSA) is 70.7 Å². The Hall–Kier alpha value is -2.86. The van der Waals surface area contributed by atoms with Crippen molar-refractivity contribution < 1.29 is 14.3 Å². The van der Waals surface area contributed by atoms with Crippen LogP contribution in [0.5, 0.6) is 5.75 Å². The van der Waals surface area contributed by atoms with Gasteiger partial charge in [-0.05, 0) is 57.0 Å². The highest BCUT2D eigenvalue weighted by molar-refractivity contribution is 6.00. The molecule has 2 heterocycles. The van der Waals surface area contributed by atoms with E-state index in [1.54, 1.807) is 19.1 Å². The highest BCUT2D eigenvalue weighted by atomic mass is 16.5. The van der Waals surface area contributed by atoms with Crippen LogP contribution >= 0.6 is 0 Å². The molecule has 3 atom stereocenters. The Morgan fingerprint density at radius 1 is 1.17 bits per heavy atom. The average Bonchev–Trinajstić information content (AvgIpc) is 2.71. The van der Waals surface area contributed by atoms with Gasteiger partial charge in [0.25, 0.3) is 5.91 Å². The molecule has 6 heteroatoms. The van der Waals surface area contributed by atoms with Gasteiger partial charge in [0, 0.05) is 11.7 Å². The van der Waals surface area contributed by atoms with Crippen molar-refractivity contribution in [1.82, 2.24) is 4.90 Å². The Kier molecular flexibility index (Phi) is 5.53. The van der Waals surface area contributed by atoms with Crippen molar-refractivity contribution in [3.8, 4) is 5.75 Å². The number of ether oxygens (including phenoxy) is 1. The molecule has 0 spiro atoms. The van der Waals surface area contributed by atoms with E-state index in [-0.39, 0.29) is 17.9 Å². The Morgan fingerprint density at radius 2 is 1.97 bits per heavy atom. The molecule has 0 bridgehead atoms. The first-order valence-corrected chi connectivity index (χ1v) is 10.3. The molecule has 29 heavy (non-hydrogen) atoms. The van der Waals surface area contributed by atoms with E-state index >= 15 is 0 Å². The van der Waals surface area contributed by atoms with Crippen LogP contribution in [0.15, 0.2) is 48.5 Å². The van der Waals surface area contributed by atoms with Crippen LogP contribution in [0, 0.1) is 0 Å². The van der Waals surface area contributed by atoms with E-state index in [4.69, 9.17) is 4.74 Å². The number of benzene rings is 2. The fraction of sp³-hybridized carbons (Fsp3) is 0.391. The number of nitrogens with zero attached hydrogens (tertiary/aromatic N) is 1. The second-order valence-corrected chi connectivity index (χ2v) is 7.85. The molecule has 2 aromatic rings. The van der Waals surface area contributed by atoms with Crippen LogP contribution in [0.25, 0.3) is 0 Å². The number of nitrogens with one attached hydrogen (secondary N) is 2. The highest BCUT2D eigenvalue weighted by Crippen LogP contribution is 2.34. The summed E-state index contributed by atoms with van der Waals surface area (Å²) in [7, 11) is 0. The number of carbonyl (C=O) groups is 2. The van der Waals surface area contributed by atoms with Gasteiger partial charge in [-0.15, -0.1) is 0 Å². The van der Waals surface area contributed by atoms with Gasteiger partial charge in [0.2, 0.25) is 5.91 Å². The third-order valence-corrected chi connectivity index (χ3v) is 5.73. The Bertz CT molecular complexity index is 899. The van der Waals surface area contributed by atoms with Crippen LogP contribution in [-0.4, -0.2) is 35.4 Å². The van der Waals surface area contributed by atoms with Gasteiger partial charge in [0.05, 0.1) is 5.69 Å². The Balaban J connectivity index is 1.59. The molecule has 4 rings (SSSR count). The summed E-state index contributed by atoms with van der Waals surface area (Å²) in [5.41, 5.74) is 2.20. The number of anilines is 2. The summed E-state index contributed by atoms with van der Waals surface area (Å²) in [4.78, 5) is 27.6. The molecule has 1 fully saturated rings. The van der Waals surface area contributed by atoms with E-state index < -0.39 is 6.10 Å². The molecular weight excluding hydrogens is 366 g/mol. The molecule has 2 aliphatic rings. The monoisotopic (exact) mass is 393 g/mol. The maximum atomic E-state index is 13.4. The molecule has 6 nitrogen and oxygen atoms in total. The van der Waals surface area contributed by atoms with Gasteiger partial charge in [0.15, 0.2) is 6.10 Å². The van der Waals surface area contributed by atoms with Crippen LogP contribution in [0.4, 0.5) is 11.4 Å². The Labute approximate surface area is 171 Å². The van der Waals surface area contributed by atoms with E-state index in [0.29, 0.717) is 23.2 Å². The summed E-state index contributed by atoms with van der Waals surface area (Å²) in [6, 6.07) is 15.2. The number of amides is 2. The van der Waals surface area contributed by atoms with Gasteiger partial charge in [-0.1, -0.05) is 36.8 Å². The lowest BCUT2D eigenvalue weighted by molar-refractivity contribution is -0.123. The average molecular weight is 393 g/mol. The molecule has 2 aromatic carbocycles. The molecule has 0 radical (unpaired) electrons. The summed E-state index contributed by atoms with van der Waals surface area (Å²) in [6.07, 6.45) is 2.87. The number of piperidine rings is 1. The second-order valence-electron chi connectivity index (χ2n) is 7.85. The van der Waals surface area contributed by atoms with Crippen LogP contribution in [0.1, 0.15) is 44.7 Å². The minimum atomic E-state index is -0.522. The van der Waals surface area contributed by atoms with Crippen LogP contribution in [0.2, 0.25) is 0 Å². The number of fused-ring (bicyclic) bond motifs is 1. The van der Waals surface area contributed by atoms with E-state index in [1.165, 1.54) is 6.42 Å². The predicted octanol–water partition coefficient (Wildman–Crippen LogP) is 3.96. The summed E-state index contributed by atoms with van der Waals surface area (Å²) in [6.45, 7) is 4.80. The van der Waals surface area contributed by atoms with Crippen molar-refractivity contribution in [2.24, 2.45) is 0 Å². The Morgan fingerprint density at radius 3 is 2.72 bits per heavy atom. The maximum Gasteiger partial charge on any atom is 0.265 e. The van der Waals surface area contributed by atoms with Crippen molar-refractivity contribution in [3.05, 3.63) is 54.1 Å². The summed E-state index contributed by atoms with van der Waals surface area (Å²) >= 11 is 0. The molecule has 2 N–H and O–H groups in total. The van der Waals surface area contributed by atoms with Crippen LogP contribution in [-0.2, 0) is 9.59 Å². The van der Waals surface area contributed by atoms with Gasteiger partial charge >= 0.3 is 0 Å². The molecule has 2 aliphatic heterocycles. The molecular formula is C23H27N3O3. The van der Waals surface area contributed by atoms with Crippen molar-refractivity contribution in [3.63, 3.8) is 0 Å². The zero-order chi connectivity index (χ0) is 20.4. The summed E-state index contributed by atoms with van der Waals surface area (Å²) in [5.74, 6) is 0.353. The number of likely N-dealkylation sites (tertiary alicyclic amines) is 1. The minimum absolute atomic E-state index is 0.0682. The number of rotatable bonds is 4. The lowest BCUT2D eigenvalue weighted by Gasteiger charge is -2.39. The zero-order valence-electron chi connectivity index (χ0n) is 16.9. The van der Waals surface area contributed by atoms with Crippen LogP contribution < -0.4 is 15.4 Å². The number of carbonyl (C=O) groups excluding carboxylic acids is 2. The van der Waals surface area contributed by atoms with E-state index in [0.717, 1.165) is 24.9 Å². The van der Waals surface area contributed by atoms with Crippen molar-refractivity contribution >= 4 is 23.2 Å².